The first kappa shape index (κ1) is 67.1. The Labute approximate surface area is 478 Å². The van der Waals surface area contributed by atoms with Crippen LogP contribution in [0.1, 0.15) is 141 Å². The Morgan fingerprint density at radius 1 is 0.620 bits per heavy atom. The minimum absolute atomic E-state index is 0.0886. The number of carbonyl (C=O) groups excluding carboxylic acids is 2. The van der Waals surface area contributed by atoms with E-state index >= 15 is 0 Å². The van der Waals surface area contributed by atoms with Gasteiger partial charge < -0.3 is 43.0 Å². The molecule has 0 aromatic heterocycles. The molecule has 0 radical (unpaired) electrons. The molecule has 79 heavy (non-hydrogen) atoms. The van der Waals surface area contributed by atoms with Crippen molar-refractivity contribution in [2.75, 3.05) is 20.3 Å². The molecule has 2 aliphatic rings. The number of aryl methyl sites for hydroxylation is 4. The number of ether oxygens (including phenoxy) is 8. The van der Waals surface area contributed by atoms with Crippen molar-refractivity contribution in [3.8, 4) is 5.75 Å². The minimum Gasteiger partial charge on any atom is -0.497 e. The molecule has 5 rings (SSSR count). The fraction of sp³-hybridized carbons (Fsp3) is 0.576. The second kappa shape index (κ2) is 30.6. The minimum atomic E-state index is -1.29. The molecular formula is C66H100O11Si2. The second-order valence-electron chi connectivity index (χ2n) is 25.4. The summed E-state index contributed by atoms with van der Waals surface area (Å²) >= 11 is 0. The molecule has 438 valence electrons. The fourth-order valence-electron chi connectivity index (χ4n) is 9.73. The number of aliphatic hydroxyl groups is 1. The zero-order valence-corrected chi connectivity index (χ0v) is 53.8. The van der Waals surface area contributed by atoms with Gasteiger partial charge in [-0.1, -0.05) is 149 Å². The molecule has 8 atom stereocenters. The van der Waals surface area contributed by atoms with Crippen molar-refractivity contribution in [2.24, 2.45) is 11.8 Å². The molecule has 0 saturated carbocycles. The Morgan fingerprint density at radius 2 is 1.04 bits per heavy atom. The summed E-state index contributed by atoms with van der Waals surface area (Å²) in [4.78, 5) is 26.1. The van der Waals surface area contributed by atoms with Crippen LogP contribution in [0.5, 0.6) is 5.75 Å². The quantitative estimate of drug-likeness (QED) is 0.0469. The van der Waals surface area contributed by atoms with Crippen molar-refractivity contribution >= 4 is 40.2 Å². The van der Waals surface area contributed by atoms with Crippen molar-refractivity contribution in [3.05, 3.63) is 135 Å². The summed E-state index contributed by atoms with van der Waals surface area (Å²) < 4.78 is 47.8. The van der Waals surface area contributed by atoms with Crippen LogP contribution in [0.3, 0.4) is 0 Å². The third-order valence-corrected chi connectivity index (χ3v) is 17.3. The molecule has 3 aromatic rings. The van der Waals surface area contributed by atoms with Gasteiger partial charge in [-0.25, -0.2) is 9.59 Å². The Balaban J connectivity index is 0.000000350. The summed E-state index contributed by atoms with van der Waals surface area (Å²) in [5, 5.41) is 9.53. The molecule has 2 heterocycles. The van der Waals surface area contributed by atoms with E-state index in [1.54, 1.807) is 14.0 Å². The third-order valence-electron chi connectivity index (χ3n) is 13.9. The Hall–Kier alpha value is -4.45. The van der Waals surface area contributed by atoms with Gasteiger partial charge in [0.1, 0.15) is 5.75 Å². The van der Waals surface area contributed by atoms with E-state index in [0.717, 1.165) is 63.2 Å². The molecule has 2 fully saturated rings. The lowest BCUT2D eigenvalue weighted by atomic mass is 9.95. The van der Waals surface area contributed by atoms with Crippen molar-refractivity contribution in [3.63, 3.8) is 0 Å². The first-order valence-electron chi connectivity index (χ1n) is 28.7. The van der Waals surface area contributed by atoms with Crippen molar-refractivity contribution < 1.29 is 52.6 Å². The summed E-state index contributed by atoms with van der Waals surface area (Å²) in [7, 11) is -0.896. The summed E-state index contributed by atoms with van der Waals surface area (Å²) in [6.45, 7) is 39.2. The van der Waals surface area contributed by atoms with Crippen molar-refractivity contribution in [2.45, 2.75) is 215 Å². The SMILES string of the molecule is COc1ccc(CO[C@H](C)C/C=C\C(C)C2OC(C)(C)OC2C/C=C/c2cc(C)cc(C)c2C(=O)OCC[Si](C)(C)C)cc1.Cc1cc(C)c(C(=O)OCC[Si](C)(C)C)c(/C=C/CC2OC(C)(C)OC2C(C)/C=C\C[C@@H](C)O)c1. The van der Waals surface area contributed by atoms with Crippen LogP contribution in [0, 0.1) is 39.5 Å². The van der Waals surface area contributed by atoms with Crippen LogP contribution in [-0.2, 0) is 39.8 Å². The summed E-state index contributed by atoms with van der Waals surface area (Å²) in [5.74, 6) is -0.671. The number of benzene rings is 3. The molecule has 0 spiro atoms. The second-order valence-corrected chi connectivity index (χ2v) is 36.6. The largest absolute Gasteiger partial charge is 0.497 e. The van der Waals surface area contributed by atoms with E-state index < -0.39 is 27.7 Å². The highest BCUT2D eigenvalue weighted by Crippen LogP contribution is 2.37. The number of methoxy groups -OCH3 is 1. The molecule has 0 aliphatic carbocycles. The van der Waals surface area contributed by atoms with Crippen molar-refractivity contribution in [1.82, 2.24) is 0 Å². The first-order chi connectivity index (χ1) is 36.9. The Morgan fingerprint density at radius 3 is 1.43 bits per heavy atom. The van der Waals surface area contributed by atoms with E-state index in [1.807, 2.05) is 109 Å². The summed E-state index contributed by atoms with van der Waals surface area (Å²) in [6, 6.07) is 18.0. The monoisotopic (exact) mass is 1120 g/mol. The number of hydrogen-bond acceptors (Lipinski definition) is 11. The van der Waals surface area contributed by atoms with Crippen molar-refractivity contribution in [1.29, 1.82) is 0 Å². The lowest BCUT2D eigenvalue weighted by Crippen LogP contribution is -2.28. The van der Waals surface area contributed by atoms with E-state index in [4.69, 9.17) is 37.9 Å². The smallest absolute Gasteiger partial charge is 0.338 e. The maximum absolute atomic E-state index is 13.1. The first-order valence-corrected chi connectivity index (χ1v) is 36.1. The van der Waals surface area contributed by atoms with Gasteiger partial charge in [-0.2, -0.15) is 0 Å². The number of esters is 2. The van der Waals surface area contributed by atoms with Crippen LogP contribution in [0.4, 0.5) is 0 Å². The molecule has 0 amide bonds. The lowest BCUT2D eigenvalue weighted by molar-refractivity contribution is -0.148. The number of rotatable bonds is 26. The van der Waals surface area contributed by atoms with Gasteiger partial charge in [-0.3, -0.25) is 0 Å². The Kier molecular flexibility index (Phi) is 25.9. The highest BCUT2D eigenvalue weighted by atomic mass is 28.3. The maximum atomic E-state index is 13.1. The fourth-order valence-corrected chi connectivity index (χ4v) is 11.2. The third kappa shape index (κ3) is 23.5. The van der Waals surface area contributed by atoms with Gasteiger partial charge in [0.05, 0.1) is 74.7 Å². The van der Waals surface area contributed by atoms with Crippen LogP contribution >= 0.6 is 0 Å². The van der Waals surface area contributed by atoms with Crippen LogP contribution in [0.2, 0.25) is 51.4 Å². The molecular weight excluding hydrogens is 1020 g/mol. The number of carbonyl (C=O) groups is 2. The average Bonchev–Trinajstić information content (AvgIpc) is 3.83. The standard InChI is InChI=1S/C37H54O6Si.C29H46O5Si/c1-26-23-28(3)34(36(38)40-21-22-44(8,9)10)31(24-26)15-12-16-33-35(43-37(5,6)42-33)27(2)13-11-14-29(4)41-25-30-17-19-32(39-7)20-18-30;1-20-18-22(3)26(28(31)32-16-17-35(7,8)9)24(19-20)14-11-15-25-27(34-29(5,6)33-25)21(2)12-10-13-23(4)30/h11-13,15,17-20,23-24,27,29,33,35H,14,16,21-22,25H2,1-10H3;10-12,14,18-19,21,23,25,27,30H,13,15-17H2,1-9H3/b13-11-,15-12+;12-10-,14-11+/t27?,29-,33?,35?;21?,23-,25?,27?/m11/s1. The zero-order valence-electron chi connectivity index (χ0n) is 51.8. The molecule has 3 aromatic carbocycles. The zero-order chi connectivity index (χ0) is 58.9. The highest BCUT2D eigenvalue weighted by Gasteiger charge is 2.43. The molecule has 2 saturated heterocycles. The summed E-state index contributed by atoms with van der Waals surface area (Å²) in [6.07, 6.45) is 18.8. The molecule has 13 heteroatoms. The Bertz CT molecular complexity index is 2530. The van der Waals surface area contributed by atoms with Gasteiger partial charge >= 0.3 is 11.9 Å². The predicted octanol–water partition coefficient (Wildman–Crippen LogP) is 15.6. The topological polar surface area (TPSA) is 128 Å². The summed E-state index contributed by atoms with van der Waals surface area (Å²) in [5.41, 5.74) is 8.24. The van der Waals surface area contributed by atoms with Gasteiger partial charge in [-0.15, -0.1) is 0 Å². The molecule has 1 N–H and O–H groups in total. The van der Waals surface area contributed by atoms with Crippen LogP contribution < -0.4 is 4.74 Å². The van der Waals surface area contributed by atoms with E-state index in [0.29, 0.717) is 50.2 Å². The van der Waals surface area contributed by atoms with Crippen LogP contribution in [0.15, 0.2) is 85.0 Å². The number of hydrogen-bond donors (Lipinski definition) is 1. The molecule has 6 unspecified atom stereocenters. The van der Waals surface area contributed by atoms with Gasteiger partial charge in [0, 0.05) is 28.0 Å². The normalized spacial score (nSPS) is 20.9. The van der Waals surface area contributed by atoms with Gasteiger partial charge in [0.15, 0.2) is 11.6 Å². The molecule has 0 bridgehead atoms. The van der Waals surface area contributed by atoms with E-state index in [9.17, 15) is 14.7 Å². The maximum Gasteiger partial charge on any atom is 0.338 e. The van der Waals surface area contributed by atoms with E-state index in [2.05, 4.69) is 103 Å². The lowest BCUT2D eigenvalue weighted by Gasteiger charge is -2.21. The molecule has 11 nitrogen and oxygen atoms in total. The highest BCUT2D eigenvalue weighted by molar-refractivity contribution is 6.76. The van der Waals surface area contributed by atoms with Gasteiger partial charge in [0.2, 0.25) is 0 Å². The van der Waals surface area contributed by atoms with Gasteiger partial charge in [-0.05, 0) is 147 Å². The average molecular weight is 1130 g/mol. The van der Waals surface area contributed by atoms with Gasteiger partial charge in [0.25, 0.3) is 0 Å². The number of aliphatic hydroxyl groups excluding tert-OH is 1. The van der Waals surface area contributed by atoms with Crippen LogP contribution in [0.25, 0.3) is 12.2 Å². The van der Waals surface area contributed by atoms with E-state index in [-0.39, 0.29) is 60.4 Å². The van der Waals surface area contributed by atoms with E-state index in [1.165, 1.54) is 0 Å². The molecule has 2 aliphatic heterocycles. The van der Waals surface area contributed by atoms with Crippen LogP contribution in [-0.4, -0.2) is 102 Å². The predicted molar refractivity (Wildman–Crippen MR) is 328 cm³/mol.